The molecule has 1 amide bonds. The number of ether oxygens (including phenoxy) is 1. The lowest BCUT2D eigenvalue weighted by Gasteiger charge is -2.56. The van der Waals surface area contributed by atoms with Crippen LogP contribution >= 0.6 is 11.6 Å². The summed E-state index contributed by atoms with van der Waals surface area (Å²) in [5.41, 5.74) is 1.46. The van der Waals surface area contributed by atoms with Gasteiger partial charge in [-0.2, -0.15) is 0 Å². The summed E-state index contributed by atoms with van der Waals surface area (Å²) in [7, 11) is 0. The van der Waals surface area contributed by atoms with Gasteiger partial charge in [0, 0.05) is 42.1 Å². The van der Waals surface area contributed by atoms with E-state index in [1.807, 2.05) is 24.8 Å². The van der Waals surface area contributed by atoms with Crippen molar-refractivity contribution in [1.29, 1.82) is 0 Å². The molecule has 126 valence electrons. The van der Waals surface area contributed by atoms with Gasteiger partial charge in [-0.1, -0.05) is 11.6 Å². The highest BCUT2D eigenvalue weighted by atomic mass is 35.5. The van der Waals surface area contributed by atoms with E-state index in [0.717, 1.165) is 24.8 Å². The Morgan fingerprint density at radius 2 is 2.13 bits per heavy atom. The van der Waals surface area contributed by atoms with E-state index in [0.29, 0.717) is 30.3 Å². The first-order chi connectivity index (χ1) is 11.0. The van der Waals surface area contributed by atoms with E-state index in [1.54, 1.807) is 12.1 Å². The number of carbonyl (C=O) groups excluding carboxylic acids is 1. The molecule has 1 saturated carbocycles. The second-order valence-corrected chi connectivity index (χ2v) is 7.12. The SMILES string of the molecule is CCOC1CC(O)C12CCN(C(=O)c1ccc(Cl)cc1C)CC2. The number of aryl methyl sites for hydroxylation is 1. The van der Waals surface area contributed by atoms with E-state index in [9.17, 15) is 9.90 Å². The summed E-state index contributed by atoms with van der Waals surface area (Å²) < 4.78 is 5.78. The Bertz CT molecular complexity index is 594. The third kappa shape index (κ3) is 2.88. The van der Waals surface area contributed by atoms with Gasteiger partial charge in [0.1, 0.15) is 0 Å². The molecule has 0 bridgehead atoms. The highest BCUT2D eigenvalue weighted by Crippen LogP contribution is 2.51. The lowest BCUT2D eigenvalue weighted by atomic mass is 9.58. The molecule has 0 radical (unpaired) electrons. The van der Waals surface area contributed by atoms with Crippen LogP contribution in [0.5, 0.6) is 0 Å². The largest absolute Gasteiger partial charge is 0.392 e. The van der Waals surface area contributed by atoms with Crippen molar-refractivity contribution in [3.8, 4) is 0 Å². The maximum absolute atomic E-state index is 12.7. The summed E-state index contributed by atoms with van der Waals surface area (Å²) in [4.78, 5) is 14.6. The summed E-state index contributed by atoms with van der Waals surface area (Å²) in [6.07, 6.45) is 2.16. The molecule has 1 aliphatic carbocycles. The molecule has 2 unspecified atom stereocenters. The highest BCUT2D eigenvalue weighted by molar-refractivity contribution is 6.30. The number of benzene rings is 1. The second-order valence-electron chi connectivity index (χ2n) is 6.68. The molecule has 1 aliphatic heterocycles. The van der Waals surface area contributed by atoms with E-state index < -0.39 is 0 Å². The van der Waals surface area contributed by atoms with Gasteiger partial charge in [-0.05, 0) is 50.5 Å². The number of carbonyl (C=O) groups is 1. The minimum Gasteiger partial charge on any atom is -0.392 e. The van der Waals surface area contributed by atoms with Crippen molar-refractivity contribution in [2.24, 2.45) is 5.41 Å². The van der Waals surface area contributed by atoms with Crippen molar-refractivity contribution in [2.45, 2.75) is 45.3 Å². The third-order valence-corrected chi connectivity index (χ3v) is 5.75. The zero-order valence-corrected chi connectivity index (χ0v) is 14.5. The van der Waals surface area contributed by atoms with Crippen molar-refractivity contribution < 1.29 is 14.6 Å². The summed E-state index contributed by atoms with van der Waals surface area (Å²) >= 11 is 5.97. The lowest BCUT2D eigenvalue weighted by Crippen LogP contribution is -2.62. The lowest BCUT2D eigenvalue weighted by molar-refractivity contribution is -0.207. The first kappa shape index (κ1) is 16.7. The first-order valence-electron chi connectivity index (χ1n) is 8.33. The molecule has 5 heteroatoms. The minimum atomic E-state index is -0.298. The van der Waals surface area contributed by atoms with Crippen LogP contribution in [0, 0.1) is 12.3 Å². The van der Waals surface area contributed by atoms with E-state index >= 15 is 0 Å². The standard InChI is InChI=1S/C18H24ClNO3/c1-3-23-16-11-15(21)18(16)6-8-20(9-7-18)17(22)14-5-4-13(19)10-12(14)2/h4-5,10,15-16,21H,3,6-9,11H2,1-2H3. The number of hydrogen-bond acceptors (Lipinski definition) is 3. The van der Waals surface area contributed by atoms with E-state index in [1.165, 1.54) is 0 Å². The zero-order valence-electron chi connectivity index (χ0n) is 13.7. The first-order valence-corrected chi connectivity index (χ1v) is 8.71. The number of hydrogen-bond donors (Lipinski definition) is 1. The van der Waals surface area contributed by atoms with Gasteiger partial charge in [-0.25, -0.2) is 0 Å². The van der Waals surface area contributed by atoms with Crippen LogP contribution < -0.4 is 0 Å². The topological polar surface area (TPSA) is 49.8 Å². The summed E-state index contributed by atoms with van der Waals surface area (Å²) in [6.45, 7) is 5.90. The molecule has 2 fully saturated rings. The average Bonchev–Trinajstić information content (AvgIpc) is 2.54. The van der Waals surface area contributed by atoms with Crippen LogP contribution in [-0.4, -0.2) is 47.8 Å². The summed E-state index contributed by atoms with van der Waals surface area (Å²) in [5.74, 6) is 0.0517. The minimum absolute atomic E-state index is 0.0517. The number of piperidine rings is 1. The molecule has 2 atom stereocenters. The number of amides is 1. The molecule has 23 heavy (non-hydrogen) atoms. The van der Waals surface area contributed by atoms with Crippen LogP contribution in [-0.2, 0) is 4.74 Å². The quantitative estimate of drug-likeness (QED) is 0.922. The molecule has 1 heterocycles. The monoisotopic (exact) mass is 337 g/mol. The van der Waals surface area contributed by atoms with E-state index in [2.05, 4.69) is 0 Å². The Morgan fingerprint density at radius 3 is 2.70 bits per heavy atom. The Morgan fingerprint density at radius 1 is 1.43 bits per heavy atom. The van der Waals surface area contributed by atoms with Gasteiger partial charge < -0.3 is 14.7 Å². The predicted octanol–water partition coefficient (Wildman–Crippen LogP) is 3.04. The molecule has 0 aromatic heterocycles. The van der Waals surface area contributed by atoms with Crippen LogP contribution in [0.25, 0.3) is 0 Å². The number of aliphatic hydroxyl groups excluding tert-OH is 1. The summed E-state index contributed by atoms with van der Waals surface area (Å²) in [6, 6.07) is 5.38. The van der Waals surface area contributed by atoms with Gasteiger partial charge >= 0.3 is 0 Å². The predicted molar refractivity (Wildman–Crippen MR) is 89.8 cm³/mol. The Labute approximate surface area is 142 Å². The highest BCUT2D eigenvalue weighted by Gasteiger charge is 2.56. The normalized spacial score (nSPS) is 26.2. The number of halogens is 1. The molecule has 1 N–H and O–H groups in total. The van der Waals surface area contributed by atoms with E-state index in [4.69, 9.17) is 16.3 Å². The molecule has 4 nitrogen and oxygen atoms in total. The third-order valence-electron chi connectivity index (χ3n) is 5.51. The molecule has 1 aromatic rings. The smallest absolute Gasteiger partial charge is 0.254 e. The van der Waals surface area contributed by atoms with E-state index in [-0.39, 0.29) is 23.5 Å². The molecular weight excluding hydrogens is 314 g/mol. The van der Waals surface area contributed by atoms with Crippen LogP contribution in [0.4, 0.5) is 0 Å². The maximum Gasteiger partial charge on any atom is 0.254 e. The average molecular weight is 338 g/mol. The Kier molecular flexibility index (Phi) is 4.68. The van der Waals surface area contributed by atoms with Crippen LogP contribution in [0.1, 0.15) is 42.1 Å². The Hall–Kier alpha value is -1.10. The van der Waals surface area contributed by atoms with Crippen molar-refractivity contribution in [3.63, 3.8) is 0 Å². The fraction of sp³-hybridized carbons (Fsp3) is 0.611. The molecule has 1 aromatic carbocycles. The number of rotatable bonds is 3. The number of aliphatic hydroxyl groups is 1. The fourth-order valence-electron chi connectivity index (χ4n) is 3.98. The van der Waals surface area contributed by atoms with Gasteiger partial charge in [0.25, 0.3) is 5.91 Å². The van der Waals surface area contributed by atoms with Gasteiger partial charge in [-0.3, -0.25) is 4.79 Å². The second kappa shape index (κ2) is 6.42. The van der Waals surface area contributed by atoms with Crippen molar-refractivity contribution in [3.05, 3.63) is 34.3 Å². The van der Waals surface area contributed by atoms with Gasteiger partial charge in [0.15, 0.2) is 0 Å². The zero-order chi connectivity index (χ0) is 16.6. The van der Waals surface area contributed by atoms with Crippen molar-refractivity contribution in [1.82, 2.24) is 4.90 Å². The van der Waals surface area contributed by atoms with Gasteiger partial charge in [-0.15, -0.1) is 0 Å². The van der Waals surface area contributed by atoms with Gasteiger partial charge in [0.2, 0.25) is 0 Å². The maximum atomic E-state index is 12.7. The molecular formula is C18H24ClNO3. The number of nitrogens with zero attached hydrogens (tertiary/aromatic N) is 1. The van der Waals surface area contributed by atoms with Gasteiger partial charge in [0.05, 0.1) is 12.2 Å². The van der Waals surface area contributed by atoms with Crippen molar-refractivity contribution in [2.75, 3.05) is 19.7 Å². The number of likely N-dealkylation sites (tertiary alicyclic amines) is 1. The molecule has 3 rings (SSSR count). The van der Waals surface area contributed by atoms with Crippen LogP contribution in [0.2, 0.25) is 5.02 Å². The van der Waals surface area contributed by atoms with Crippen LogP contribution in [0.3, 0.4) is 0 Å². The molecule has 2 aliphatic rings. The molecule has 1 spiro atoms. The fourth-order valence-corrected chi connectivity index (χ4v) is 4.21. The molecule has 1 saturated heterocycles. The summed E-state index contributed by atoms with van der Waals surface area (Å²) in [5, 5.41) is 10.9. The van der Waals surface area contributed by atoms with Crippen molar-refractivity contribution >= 4 is 17.5 Å². The van der Waals surface area contributed by atoms with Crippen LogP contribution in [0.15, 0.2) is 18.2 Å². The Balaban J connectivity index is 1.68.